The van der Waals surface area contributed by atoms with Gasteiger partial charge in [0, 0.05) is 68.2 Å². The number of hydrogen-bond acceptors (Lipinski definition) is 3. The van der Waals surface area contributed by atoms with Crippen molar-refractivity contribution in [2.45, 2.75) is 89.1 Å². The second kappa shape index (κ2) is 13.0. The highest BCUT2D eigenvalue weighted by Gasteiger charge is 2.49. The molecule has 8 nitrogen and oxygen atoms in total. The Morgan fingerprint density at radius 2 is 1.70 bits per heavy atom. The molecule has 3 unspecified atom stereocenters. The molecule has 5 rings (SSSR count). The number of nitrogens with zero attached hydrogens (tertiary/aromatic N) is 3. The van der Waals surface area contributed by atoms with Crippen molar-refractivity contribution in [3.63, 3.8) is 0 Å². The lowest BCUT2D eigenvalue weighted by Gasteiger charge is -2.42. The third-order valence-corrected chi connectivity index (χ3v) is 10.1. The number of aromatic amines is 1. The van der Waals surface area contributed by atoms with Gasteiger partial charge in [0.1, 0.15) is 6.04 Å². The number of urea groups is 1. The fourth-order valence-electron chi connectivity index (χ4n) is 7.44. The largest absolute Gasteiger partial charge is 0.361 e. The number of rotatable bonds is 9. The van der Waals surface area contributed by atoms with Crippen LogP contribution in [-0.2, 0) is 15.0 Å². The molecule has 4 amide bonds. The highest BCUT2D eigenvalue weighted by molar-refractivity contribution is 5.91. The molecule has 0 radical (unpaired) electrons. The Balaban J connectivity index is 1.40. The van der Waals surface area contributed by atoms with Crippen molar-refractivity contribution >= 4 is 28.7 Å². The minimum absolute atomic E-state index is 0.0239. The van der Waals surface area contributed by atoms with Crippen LogP contribution in [-0.4, -0.2) is 83.3 Å². The maximum atomic E-state index is 14.4. The van der Waals surface area contributed by atoms with Crippen LogP contribution < -0.4 is 5.32 Å². The molecule has 0 bridgehead atoms. The molecule has 1 fully saturated rings. The number of amides is 4. The minimum atomic E-state index is -0.711. The minimum Gasteiger partial charge on any atom is -0.361 e. The molecule has 236 valence electrons. The highest BCUT2D eigenvalue weighted by atomic mass is 16.2. The van der Waals surface area contributed by atoms with Crippen molar-refractivity contribution in [3.05, 3.63) is 71.4 Å². The SMILES string of the molecule is CCCCN(C(=O)NC(C(=O)N1CCC2(CC1)CC(C(=O)N(C)C)c1ccccc12)C(C)c1c[nH]c2ccccc12)C(C)C. The van der Waals surface area contributed by atoms with Gasteiger partial charge >= 0.3 is 6.03 Å². The van der Waals surface area contributed by atoms with Crippen LogP contribution >= 0.6 is 0 Å². The van der Waals surface area contributed by atoms with Crippen molar-refractivity contribution < 1.29 is 14.4 Å². The summed E-state index contributed by atoms with van der Waals surface area (Å²) >= 11 is 0. The number of carbonyl (C=O) groups is 3. The number of likely N-dealkylation sites (tertiary alicyclic amines) is 1. The molecule has 2 aromatic carbocycles. The Morgan fingerprint density at radius 3 is 2.39 bits per heavy atom. The summed E-state index contributed by atoms with van der Waals surface area (Å²) in [7, 11) is 3.65. The first-order valence-electron chi connectivity index (χ1n) is 16.3. The molecule has 3 aromatic rings. The smallest absolute Gasteiger partial charge is 0.318 e. The normalized spacial score (nSPS) is 18.7. The lowest BCUT2D eigenvalue weighted by molar-refractivity contribution is -0.136. The van der Waals surface area contributed by atoms with Gasteiger partial charge in [-0.1, -0.05) is 62.7 Å². The first-order chi connectivity index (χ1) is 21.1. The Hall–Kier alpha value is -3.81. The molecule has 2 heterocycles. The summed E-state index contributed by atoms with van der Waals surface area (Å²) in [5.41, 5.74) is 4.30. The van der Waals surface area contributed by atoms with E-state index >= 15 is 0 Å². The summed E-state index contributed by atoms with van der Waals surface area (Å²) in [5.74, 6) is -0.297. The summed E-state index contributed by atoms with van der Waals surface area (Å²) in [5, 5.41) is 4.27. The fraction of sp³-hybridized carbons (Fsp3) is 0.528. The molecule has 3 atom stereocenters. The van der Waals surface area contributed by atoms with Gasteiger partial charge in [-0.3, -0.25) is 9.59 Å². The van der Waals surface area contributed by atoms with E-state index in [4.69, 9.17) is 0 Å². The van der Waals surface area contributed by atoms with E-state index in [-0.39, 0.29) is 41.1 Å². The van der Waals surface area contributed by atoms with Crippen molar-refractivity contribution in [3.8, 4) is 0 Å². The molecular weight excluding hydrogens is 550 g/mol. The van der Waals surface area contributed by atoms with Crippen LogP contribution in [0.5, 0.6) is 0 Å². The van der Waals surface area contributed by atoms with Gasteiger partial charge in [-0.05, 0) is 62.3 Å². The average Bonchev–Trinajstić information content (AvgIpc) is 3.59. The van der Waals surface area contributed by atoms with Gasteiger partial charge in [-0.2, -0.15) is 0 Å². The van der Waals surface area contributed by atoms with Crippen LogP contribution in [0.2, 0.25) is 0 Å². The number of benzene rings is 2. The molecule has 8 heteroatoms. The van der Waals surface area contributed by atoms with E-state index < -0.39 is 6.04 Å². The van der Waals surface area contributed by atoms with Crippen molar-refractivity contribution in [1.82, 2.24) is 25.0 Å². The first kappa shape index (κ1) is 31.6. The van der Waals surface area contributed by atoms with E-state index in [1.165, 1.54) is 5.56 Å². The van der Waals surface area contributed by atoms with E-state index in [1.807, 2.05) is 75.1 Å². The van der Waals surface area contributed by atoms with Crippen LogP contribution in [0.4, 0.5) is 4.79 Å². The topological polar surface area (TPSA) is 88.8 Å². The second-order valence-electron chi connectivity index (χ2n) is 13.3. The van der Waals surface area contributed by atoms with Gasteiger partial charge in [0.2, 0.25) is 11.8 Å². The van der Waals surface area contributed by atoms with Crippen molar-refractivity contribution in [2.24, 2.45) is 0 Å². The number of nitrogens with one attached hydrogen (secondary N) is 2. The highest BCUT2D eigenvalue weighted by Crippen LogP contribution is 2.52. The van der Waals surface area contributed by atoms with Crippen LogP contribution in [0.15, 0.2) is 54.7 Å². The maximum Gasteiger partial charge on any atom is 0.318 e. The van der Waals surface area contributed by atoms with Gasteiger partial charge in [0.15, 0.2) is 0 Å². The molecule has 1 aliphatic carbocycles. The zero-order chi connectivity index (χ0) is 31.6. The number of likely N-dealkylation sites (N-methyl/N-ethyl adjacent to an activating group) is 1. The average molecular weight is 600 g/mol. The van der Waals surface area contributed by atoms with Gasteiger partial charge < -0.3 is 25.0 Å². The van der Waals surface area contributed by atoms with Crippen molar-refractivity contribution in [2.75, 3.05) is 33.7 Å². The number of unbranched alkanes of at least 4 members (excludes halogenated alkanes) is 1. The Kier molecular flexibility index (Phi) is 9.37. The number of para-hydroxylation sites is 1. The van der Waals surface area contributed by atoms with Crippen molar-refractivity contribution in [1.29, 1.82) is 0 Å². The predicted octanol–water partition coefficient (Wildman–Crippen LogP) is 6.00. The molecular formula is C36H49N5O3. The third kappa shape index (κ3) is 5.95. The lowest BCUT2D eigenvalue weighted by Crippen LogP contribution is -2.57. The maximum absolute atomic E-state index is 14.4. The number of piperidine rings is 1. The van der Waals surface area contributed by atoms with Crippen LogP contribution in [0.25, 0.3) is 10.9 Å². The lowest BCUT2D eigenvalue weighted by atomic mass is 9.73. The van der Waals surface area contributed by atoms with Gasteiger partial charge in [-0.25, -0.2) is 4.79 Å². The van der Waals surface area contributed by atoms with E-state index in [0.717, 1.165) is 54.1 Å². The number of hydrogen-bond donors (Lipinski definition) is 2. The summed E-state index contributed by atoms with van der Waals surface area (Å²) in [6.07, 6.45) is 6.24. The van der Waals surface area contributed by atoms with E-state index in [0.29, 0.717) is 19.6 Å². The number of H-pyrrole nitrogens is 1. The molecule has 1 aromatic heterocycles. The third-order valence-electron chi connectivity index (χ3n) is 10.1. The van der Waals surface area contributed by atoms with Gasteiger partial charge in [0.25, 0.3) is 0 Å². The molecule has 0 saturated carbocycles. The predicted molar refractivity (Wildman–Crippen MR) is 176 cm³/mol. The summed E-state index contributed by atoms with van der Waals surface area (Å²) in [6, 6.07) is 15.6. The zero-order valence-corrected chi connectivity index (χ0v) is 27.2. The van der Waals surface area contributed by atoms with E-state index in [9.17, 15) is 14.4 Å². The van der Waals surface area contributed by atoms with Gasteiger partial charge in [-0.15, -0.1) is 0 Å². The molecule has 44 heavy (non-hydrogen) atoms. The zero-order valence-electron chi connectivity index (χ0n) is 27.2. The monoisotopic (exact) mass is 599 g/mol. The number of carbonyl (C=O) groups excluding carboxylic acids is 3. The number of fused-ring (bicyclic) bond motifs is 3. The second-order valence-corrected chi connectivity index (χ2v) is 13.3. The Labute approximate surface area is 262 Å². The molecule has 1 saturated heterocycles. The van der Waals surface area contributed by atoms with E-state index in [1.54, 1.807) is 4.90 Å². The van der Waals surface area contributed by atoms with Crippen LogP contribution in [0.3, 0.4) is 0 Å². The number of aromatic nitrogens is 1. The Bertz CT molecular complexity index is 1490. The Morgan fingerprint density at radius 1 is 1.02 bits per heavy atom. The summed E-state index contributed by atoms with van der Waals surface area (Å²) < 4.78 is 0. The van der Waals surface area contributed by atoms with Crippen LogP contribution in [0.1, 0.15) is 88.3 Å². The molecule has 2 N–H and O–H groups in total. The van der Waals surface area contributed by atoms with E-state index in [2.05, 4.69) is 41.5 Å². The standard InChI is InChI=1S/C36H49N5O3/c1-7-8-19-41(24(2)3)35(44)38-32(25(4)29-23-37-31-16-12-10-14-27(29)31)34(43)40-20-17-36(18-21-40)22-28(33(42)39(5)6)26-13-9-11-15-30(26)36/h9-16,23-25,28,32,37H,7-8,17-22H2,1-6H3,(H,38,44). The summed E-state index contributed by atoms with van der Waals surface area (Å²) in [4.78, 5) is 50.2. The first-order valence-corrected chi connectivity index (χ1v) is 16.3. The fourth-order valence-corrected chi connectivity index (χ4v) is 7.44. The quantitative estimate of drug-likeness (QED) is 0.316. The van der Waals surface area contributed by atoms with Crippen LogP contribution in [0, 0.1) is 0 Å². The molecule has 1 aliphatic heterocycles. The summed E-state index contributed by atoms with van der Waals surface area (Å²) in [6.45, 7) is 10.0. The molecule has 2 aliphatic rings. The molecule has 1 spiro atoms. The van der Waals surface area contributed by atoms with Gasteiger partial charge in [0.05, 0.1) is 5.92 Å².